The lowest BCUT2D eigenvalue weighted by Gasteiger charge is -2.11. The topological polar surface area (TPSA) is 52.3 Å². The van der Waals surface area contributed by atoms with E-state index in [-0.39, 0.29) is 12.0 Å². The lowest BCUT2D eigenvalue weighted by Crippen LogP contribution is -2.10. The van der Waals surface area contributed by atoms with Gasteiger partial charge in [0.05, 0.1) is 0 Å². The fraction of sp³-hybridized carbons (Fsp3) is 0.308. The SMILES string of the molecule is C=CCC[C@H](N)c1cccc(OC(C)=O)c1. The van der Waals surface area contributed by atoms with Crippen LogP contribution in [0.1, 0.15) is 31.4 Å². The zero-order chi connectivity index (χ0) is 12.0. The molecule has 0 aliphatic heterocycles. The average molecular weight is 219 g/mol. The molecule has 0 amide bonds. The number of hydrogen-bond donors (Lipinski definition) is 1. The van der Waals surface area contributed by atoms with Crippen LogP contribution in [-0.4, -0.2) is 5.97 Å². The zero-order valence-electron chi connectivity index (χ0n) is 9.48. The molecule has 0 aliphatic carbocycles. The van der Waals surface area contributed by atoms with Crippen LogP contribution < -0.4 is 10.5 Å². The number of ether oxygens (including phenoxy) is 1. The molecule has 0 bridgehead atoms. The number of rotatable bonds is 5. The van der Waals surface area contributed by atoms with E-state index < -0.39 is 0 Å². The largest absolute Gasteiger partial charge is 0.427 e. The van der Waals surface area contributed by atoms with Gasteiger partial charge in [-0.2, -0.15) is 0 Å². The molecule has 0 spiro atoms. The molecule has 0 radical (unpaired) electrons. The summed E-state index contributed by atoms with van der Waals surface area (Å²) in [5.74, 6) is 0.218. The minimum atomic E-state index is -0.322. The van der Waals surface area contributed by atoms with Gasteiger partial charge in [-0.1, -0.05) is 18.2 Å². The molecule has 0 aliphatic rings. The first-order chi connectivity index (χ1) is 7.63. The van der Waals surface area contributed by atoms with E-state index >= 15 is 0 Å². The Balaban J connectivity index is 2.72. The summed E-state index contributed by atoms with van der Waals surface area (Å²) >= 11 is 0. The Morgan fingerprint density at radius 2 is 2.38 bits per heavy atom. The fourth-order valence-corrected chi connectivity index (χ4v) is 1.44. The summed E-state index contributed by atoms with van der Waals surface area (Å²) < 4.78 is 4.99. The van der Waals surface area contributed by atoms with Crippen LogP contribution >= 0.6 is 0 Å². The number of carbonyl (C=O) groups excluding carboxylic acids is 1. The average Bonchev–Trinajstić information content (AvgIpc) is 2.25. The molecule has 0 heterocycles. The maximum atomic E-state index is 10.8. The minimum absolute atomic E-state index is 0.0477. The van der Waals surface area contributed by atoms with Crippen LogP contribution in [0, 0.1) is 0 Å². The molecule has 16 heavy (non-hydrogen) atoms. The lowest BCUT2D eigenvalue weighted by atomic mass is 10.0. The van der Waals surface area contributed by atoms with Crippen molar-refractivity contribution in [2.24, 2.45) is 5.73 Å². The minimum Gasteiger partial charge on any atom is -0.427 e. The molecule has 2 N–H and O–H groups in total. The Kier molecular flexibility index (Phi) is 4.73. The zero-order valence-corrected chi connectivity index (χ0v) is 9.48. The van der Waals surface area contributed by atoms with E-state index in [2.05, 4.69) is 6.58 Å². The van der Waals surface area contributed by atoms with E-state index in [9.17, 15) is 4.79 Å². The molecule has 0 fully saturated rings. The summed E-state index contributed by atoms with van der Waals surface area (Å²) in [5.41, 5.74) is 6.97. The highest BCUT2D eigenvalue weighted by Gasteiger charge is 2.06. The van der Waals surface area contributed by atoms with Gasteiger partial charge in [-0.3, -0.25) is 4.79 Å². The molecule has 1 rings (SSSR count). The van der Waals surface area contributed by atoms with E-state index in [1.165, 1.54) is 6.92 Å². The van der Waals surface area contributed by atoms with Gasteiger partial charge in [-0.05, 0) is 30.5 Å². The Morgan fingerprint density at radius 3 is 3.00 bits per heavy atom. The third-order valence-electron chi connectivity index (χ3n) is 2.23. The van der Waals surface area contributed by atoms with Crippen LogP contribution in [0.5, 0.6) is 5.75 Å². The Labute approximate surface area is 95.9 Å². The first kappa shape index (κ1) is 12.5. The van der Waals surface area contributed by atoms with Crippen molar-refractivity contribution >= 4 is 5.97 Å². The van der Waals surface area contributed by atoms with Gasteiger partial charge < -0.3 is 10.5 Å². The Bertz CT molecular complexity index is 374. The molecule has 3 nitrogen and oxygen atoms in total. The standard InChI is InChI=1S/C13H17NO2/c1-3-4-8-13(14)11-6-5-7-12(9-11)16-10(2)15/h3,5-7,9,13H,1,4,8,14H2,2H3/t13-/m0/s1. The third-order valence-corrected chi connectivity index (χ3v) is 2.23. The van der Waals surface area contributed by atoms with Crippen LogP contribution in [0.25, 0.3) is 0 Å². The van der Waals surface area contributed by atoms with Crippen molar-refractivity contribution in [2.45, 2.75) is 25.8 Å². The van der Waals surface area contributed by atoms with Crippen molar-refractivity contribution in [2.75, 3.05) is 0 Å². The number of carbonyl (C=O) groups is 1. The molecule has 86 valence electrons. The van der Waals surface area contributed by atoms with E-state index in [0.29, 0.717) is 5.75 Å². The lowest BCUT2D eigenvalue weighted by molar-refractivity contribution is -0.131. The Morgan fingerprint density at radius 1 is 1.62 bits per heavy atom. The van der Waals surface area contributed by atoms with Crippen LogP contribution in [0.15, 0.2) is 36.9 Å². The summed E-state index contributed by atoms with van der Waals surface area (Å²) in [6, 6.07) is 7.26. The van der Waals surface area contributed by atoms with Crippen LogP contribution in [-0.2, 0) is 4.79 Å². The molecular formula is C13H17NO2. The molecule has 1 aromatic rings. The maximum absolute atomic E-state index is 10.8. The van der Waals surface area contributed by atoms with Crippen molar-refractivity contribution in [3.8, 4) is 5.75 Å². The summed E-state index contributed by atoms with van der Waals surface area (Å²) in [4.78, 5) is 10.8. The first-order valence-electron chi connectivity index (χ1n) is 5.28. The summed E-state index contributed by atoms with van der Waals surface area (Å²) in [6.07, 6.45) is 3.56. The Hall–Kier alpha value is -1.61. The fourth-order valence-electron chi connectivity index (χ4n) is 1.44. The van der Waals surface area contributed by atoms with E-state index in [0.717, 1.165) is 18.4 Å². The predicted octanol–water partition coefficient (Wildman–Crippen LogP) is 2.58. The molecular weight excluding hydrogens is 202 g/mol. The van der Waals surface area contributed by atoms with Crippen LogP contribution in [0.3, 0.4) is 0 Å². The molecule has 1 aromatic carbocycles. The number of hydrogen-bond acceptors (Lipinski definition) is 3. The summed E-state index contributed by atoms with van der Waals surface area (Å²) in [7, 11) is 0. The second-order valence-corrected chi connectivity index (χ2v) is 3.64. The van der Waals surface area contributed by atoms with Gasteiger partial charge >= 0.3 is 5.97 Å². The van der Waals surface area contributed by atoms with Crippen molar-refractivity contribution in [1.82, 2.24) is 0 Å². The second kappa shape index (κ2) is 6.08. The summed E-state index contributed by atoms with van der Waals surface area (Å²) in [6.45, 7) is 5.04. The van der Waals surface area contributed by atoms with Crippen molar-refractivity contribution in [3.05, 3.63) is 42.5 Å². The third kappa shape index (κ3) is 3.87. The van der Waals surface area contributed by atoms with Crippen molar-refractivity contribution < 1.29 is 9.53 Å². The van der Waals surface area contributed by atoms with E-state index in [4.69, 9.17) is 10.5 Å². The first-order valence-corrected chi connectivity index (χ1v) is 5.28. The van der Waals surface area contributed by atoms with Gasteiger partial charge in [-0.15, -0.1) is 6.58 Å². The summed E-state index contributed by atoms with van der Waals surface area (Å²) in [5, 5.41) is 0. The molecule has 0 aromatic heterocycles. The monoisotopic (exact) mass is 219 g/mol. The van der Waals surface area contributed by atoms with Crippen LogP contribution in [0.2, 0.25) is 0 Å². The van der Waals surface area contributed by atoms with Crippen molar-refractivity contribution in [3.63, 3.8) is 0 Å². The van der Waals surface area contributed by atoms with Gasteiger partial charge in [0.25, 0.3) is 0 Å². The van der Waals surface area contributed by atoms with Crippen molar-refractivity contribution in [1.29, 1.82) is 0 Å². The highest BCUT2D eigenvalue weighted by molar-refractivity contribution is 5.69. The van der Waals surface area contributed by atoms with Gasteiger partial charge in [0.15, 0.2) is 0 Å². The van der Waals surface area contributed by atoms with Gasteiger partial charge in [0, 0.05) is 13.0 Å². The number of esters is 1. The van der Waals surface area contributed by atoms with Gasteiger partial charge in [0.1, 0.15) is 5.75 Å². The molecule has 0 saturated carbocycles. The highest BCUT2D eigenvalue weighted by atomic mass is 16.5. The molecule has 0 unspecified atom stereocenters. The number of allylic oxidation sites excluding steroid dienone is 1. The predicted molar refractivity (Wildman–Crippen MR) is 64.1 cm³/mol. The normalized spacial score (nSPS) is 11.9. The second-order valence-electron chi connectivity index (χ2n) is 3.64. The van der Waals surface area contributed by atoms with Gasteiger partial charge in [0.2, 0.25) is 0 Å². The number of nitrogens with two attached hydrogens (primary N) is 1. The maximum Gasteiger partial charge on any atom is 0.308 e. The molecule has 3 heteroatoms. The molecule has 1 atom stereocenters. The molecule has 0 saturated heterocycles. The highest BCUT2D eigenvalue weighted by Crippen LogP contribution is 2.21. The smallest absolute Gasteiger partial charge is 0.308 e. The van der Waals surface area contributed by atoms with E-state index in [1.54, 1.807) is 12.1 Å². The van der Waals surface area contributed by atoms with E-state index in [1.807, 2.05) is 18.2 Å². The quantitative estimate of drug-likeness (QED) is 0.470. The van der Waals surface area contributed by atoms with Gasteiger partial charge in [-0.25, -0.2) is 0 Å². The number of benzene rings is 1. The van der Waals surface area contributed by atoms with Crippen LogP contribution in [0.4, 0.5) is 0 Å².